The van der Waals surface area contributed by atoms with Crippen LogP contribution in [0.25, 0.3) is 0 Å². The van der Waals surface area contributed by atoms with E-state index in [0.29, 0.717) is 25.7 Å². The zero-order chi connectivity index (χ0) is 35.4. The van der Waals surface area contributed by atoms with Crippen LogP contribution in [0.1, 0.15) is 46.5 Å². The second-order valence-electron chi connectivity index (χ2n) is 14.6. The van der Waals surface area contributed by atoms with Crippen LogP contribution in [0.5, 0.6) is 0 Å². The Bertz CT molecular complexity index is 876. The largest absolute Gasteiger partial charge is 0.382 e. The lowest BCUT2D eigenvalue weighted by molar-refractivity contribution is -0.138. The predicted molar refractivity (Wildman–Crippen MR) is 199 cm³/mol. The molecular formula is C37H74N8O4. The molecule has 0 atom stereocenters. The molecule has 5 saturated heterocycles. The number of carbonyl (C=O) groups is 2. The summed E-state index contributed by atoms with van der Waals surface area (Å²) in [6, 6.07) is 0. The van der Waals surface area contributed by atoms with Crippen molar-refractivity contribution in [1.82, 2.24) is 39.2 Å². The zero-order valence-corrected chi connectivity index (χ0v) is 32.5. The van der Waals surface area contributed by atoms with Gasteiger partial charge in [-0.1, -0.05) is 20.8 Å². The molecule has 5 heterocycles. The number of piperidine rings is 2. The summed E-state index contributed by atoms with van der Waals surface area (Å²) in [4.78, 5) is 43.4. The Morgan fingerprint density at radius 1 is 0.551 bits per heavy atom. The number of amides is 2. The monoisotopic (exact) mass is 695 g/mol. The number of methoxy groups -OCH3 is 1. The number of hydrogen-bond acceptors (Lipinski definition) is 10. The fourth-order valence-electron chi connectivity index (χ4n) is 7.53. The van der Waals surface area contributed by atoms with E-state index in [0.717, 1.165) is 96.9 Å². The minimum absolute atomic E-state index is 0.107. The number of likely N-dealkylation sites (N-methyl/N-ethyl adjacent to an activating group) is 1. The molecule has 2 amide bonds. The first kappa shape index (κ1) is 42.0. The molecule has 0 spiro atoms. The number of likely N-dealkylation sites (tertiary alicyclic amines) is 2. The van der Waals surface area contributed by atoms with Gasteiger partial charge >= 0.3 is 0 Å². The van der Waals surface area contributed by atoms with Gasteiger partial charge in [0.15, 0.2) is 0 Å². The first-order valence-electron chi connectivity index (χ1n) is 19.7. The van der Waals surface area contributed by atoms with Gasteiger partial charge in [0, 0.05) is 98.7 Å². The third-order valence-electron chi connectivity index (χ3n) is 11.1. The van der Waals surface area contributed by atoms with E-state index in [1.807, 2.05) is 18.7 Å². The topological polar surface area (TPSA) is 78.5 Å². The third-order valence-corrected chi connectivity index (χ3v) is 11.1. The van der Waals surface area contributed by atoms with Gasteiger partial charge in [-0.2, -0.15) is 0 Å². The van der Waals surface area contributed by atoms with Gasteiger partial charge in [-0.25, -0.2) is 0 Å². The Morgan fingerprint density at radius 2 is 0.959 bits per heavy atom. The molecule has 5 fully saturated rings. The minimum atomic E-state index is 0.107. The maximum atomic E-state index is 12.6. The van der Waals surface area contributed by atoms with Gasteiger partial charge in [-0.15, -0.1) is 0 Å². The number of ether oxygens (including phenoxy) is 2. The van der Waals surface area contributed by atoms with Crippen LogP contribution in [0.2, 0.25) is 0 Å². The number of rotatable bonds is 12. The van der Waals surface area contributed by atoms with Crippen molar-refractivity contribution < 1.29 is 19.1 Å². The minimum Gasteiger partial charge on any atom is -0.382 e. The van der Waals surface area contributed by atoms with E-state index in [1.165, 1.54) is 65.0 Å². The van der Waals surface area contributed by atoms with Crippen LogP contribution in [0.3, 0.4) is 0 Å². The fraction of sp³-hybridized carbons (Fsp3) is 0.946. The molecule has 12 nitrogen and oxygen atoms in total. The second kappa shape index (κ2) is 24.0. The van der Waals surface area contributed by atoms with Crippen molar-refractivity contribution >= 4 is 11.8 Å². The van der Waals surface area contributed by atoms with Crippen LogP contribution < -0.4 is 0 Å². The lowest BCUT2D eigenvalue weighted by Crippen LogP contribution is -2.54. The Labute approximate surface area is 299 Å². The molecule has 0 N–H and O–H groups in total. The zero-order valence-electron chi connectivity index (χ0n) is 32.5. The Hall–Kier alpha value is -1.38. The normalized spacial score (nSPS) is 23.5. The number of carbonyl (C=O) groups excluding carboxylic acids is 2. The maximum absolute atomic E-state index is 12.6. The maximum Gasteiger partial charge on any atom is 0.248 e. The van der Waals surface area contributed by atoms with Crippen molar-refractivity contribution in [2.24, 2.45) is 11.8 Å². The van der Waals surface area contributed by atoms with Crippen LogP contribution in [0.15, 0.2) is 0 Å². The highest BCUT2D eigenvalue weighted by atomic mass is 16.5. The van der Waals surface area contributed by atoms with Crippen molar-refractivity contribution in [2.75, 3.05) is 172 Å². The standard InChI is InChI=1S/C19H37N5O.C16H31N3O3.C2H6/c1-3-21-8-10-23(11-9-21)17-19(25)24-14-12-22(13-15-24)16-18-4-6-20(2)7-5-18;1-17-5-3-15(4-6-17)13-18-7-9-19(10-8-18)16(20)14-22-12-11-21-2;1-2/h18H,3-17H2,1-2H3;15H,3-14H2,1-2H3;1-2H3. The van der Waals surface area contributed by atoms with Gasteiger partial charge in [-0.05, 0) is 84.3 Å². The number of nitrogens with zero attached hydrogens (tertiary/aromatic N) is 8. The number of hydrogen-bond donors (Lipinski definition) is 0. The summed E-state index contributed by atoms with van der Waals surface area (Å²) >= 11 is 0. The molecule has 0 bridgehead atoms. The fourth-order valence-corrected chi connectivity index (χ4v) is 7.53. The molecule has 12 heteroatoms. The molecule has 5 aliphatic heterocycles. The number of piperazine rings is 3. The van der Waals surface area contributed by atoms with Gasteiger partial charge in [0.2, 0.25) is 11.8 Å². The molecule has 5 rings (SSSR count). The Kier molecular flexibility index (Phi) is 20.6. The van der Waals surface area contributed by atoms with Gasteiger partial charge in [-0.3, -0.25) is 24.3 Å². The van der Waals surface area contributed by atoms with Crippen LogP contribution in [0, 0.1) is 11.8 Å². The summed E-state index contributed by atoms with van der Waals surface area (Å²) in [6.45, 7) is 28.4. The van der Waals surface area contributed by atoms with Gasteiger partial charge in [0.05, 0.1) is 19.8 Å². The summed E-state index contributed by atoms with van der Waals surface area (Å²) in [5.41, 5.74) is 0. The highest BCUT2D eigenvalue weighted by Gasteiger charge is 2.27. The summed E-state index contributed by atoms with van der Waals surface area (Å²) in [6.07, 6.45) is 5.28. The van der Waals surface area contributed by atoms with Crippen molar-refractivity contribution in [3.05, 3.63) is 0 Å². The summed E-state index contributed by atoms with van der Waals surface area (Å²) in [7, 11) is 6.06. The molecule has 0 aromatic carbocycles. The van der Waals surface area contributed by atoms with Crippen molar-refractivity contribution in [3.63, 3.8) is 0 Å². The molecule has 0 saturated carbocycles. The van der Waals surface area contributed by atoms with Crippen LogP contribution in [-0.4, -0.2) is 223 Å². The van der Waals surface area contributed by atoms with Crippen molar-refractivity contribution in [3.8, 4) is 0 Å². The molecule has 286 valence electrons. The molecule has 5 aliphatic rings. The van der Waals surface area contributed by atoms with E-state index >= 15 is 0 Å². The lowest BCUT2D eigenvalue weighted by atomic mass is 9.96. The van der Waals surface area contributed by atoms with E-state index in [4.69, 9.17) is 9.47 Å². The Morgan fingerprint density at radius 3 is 1.39 bits per heavy atom. The first-order chi connectivity index (χ1) is 23.8. The highest BCUT2D eigenvalue weighted by molar-refractivity contribution is 5.78. The molecular weight excluding hydrogens is 620 g/mol. The van der Waals surface area contributed by atoms with Gasteiger partial charge in [0.25, 0.3) is 0 Å². The third kappa shape index (κ3) is 15.8. The second-order valence-corrected chi connectivity index (χ2v) is 14.6. The van der Waals surface area contributed by atoms with E-state index < -0.39 is 0 Å². The van der Waals surface area contributed by atoms with E-state index in [9.17, 15) is 9.59 Å². The van der Waals surface area contributed by atoms with E-state index in [1.54, 1.807) is 7.11 Å². The highest BCUT2D eigenvalue weighted by Crippen LogP contribution is 2.19. The van der Waals surface area contributed by atoms with Gasteiger partial charge < -0.3 is 34.0 Å². The van der Waals surface area contributed by atoms with E-state index in [2.05, 4.69) is 55.3 Å². The molecule has 0 aromatic heterocycles. The average molecular weight is 695 g/mol. The first-order valence-corrected chi connectivity index (χ1v) is 19.7. The van der Waals surface area contributed by atoms with Gasteiger partial charge in [0.1, 0.15) is 6.61 Å². The molecule has 0 aromatic rings. The van der Waals surface area contributed by atoms with Crippen molar-refractivity contribution in [1.29, 1.82) is 0 Å². The van der Waals surface area contributed by atoms with Crippen LogP contribution in [-0.2, 0) is 19.1 Å². The van der Waals surface area contributed by atoms with E-state index in [-0.39, 0.29) is 12.5 Å². The average Bonchev–Trinajstić information content (AvgIpc) is 3.14. The van der Waals surface area contributed by atoms with Crippen LogP contribution >= 0.6 is 0 Å². The smallest absolute Gasteiger partial charge is 0.248 e. The predicted octanol–water partition coefficient (Wildman–Crippen LogP) is 1.27. The Balaban J connectivity index is 0.000000255. The van der Waals surface area contributed by atoms with Crippen LogP contribution in [0.4, 0.5) is 0 Å². The molecule has 0 radical (unpaired) electrons. The molecule has 0 unspecified atom stereocenters. The quantitative estimate of drug-likeness (QED) is 0.279. The lowest BCUT2D eigenvalue weighted by Gasteiger charge is -2.39. The summed E-state index contributed by atoms with van der Waals surface area (Å²) in [5.74, 6) is 2.13. The SMILES string of the molecule is CC.CCN1CCN(CC(=O)N2CCN(CC3CCN(C)CC3)CC2)CC1.COCCOCC(=O)N1CCN(CC2CCN(C)CC2)CC1. The summed E-state index contributed by atoms with van der Waals surface area (Å²) < 4.78 is 10.2. The molecule has 49 heavy (non-hydrogen) atoms. The molecule has 0 aliphatic carbocycles. The van der Waals surface area contributed by atoms with Crippen molar-refractivity contribution in [2.45, 2.75) is 46.5 Å². The summed E-state index contributed by atoms with van der Waals surface area (Å²) in [5, 5.41) is 0.